The lowest BCUT2D eigenvalue weighted by atomic mass is 9.94. The average molecular weight is 1000 g/mol. The molecule has 20 nitrogen and oxygen atoms in total. The number of Topliss-reactive ketones (excluding diaryl/α,β-unsaturated/α-hetero) is 1. The van der Waals surface area contributed by atoms with Crippen LogP contribution in [-0.2, 0) is 43.9 Å². The van der Waals surface area contributed by atoms with E-state index in [1.54, 1.807) is 26.8 Å². The Kier molecular flexibility index (Phi) is 14.4. The molecule has 7 rings (SSSR count). The second-order valence-electron chi connectivity index (χ2n) is 17.0. The number of carbonyl (C=O) groups is 5. The molecule has 2 aliphatic heterocycles. The Morgan fingerprint density at radius 3 is 2.32 bits per heavy atom. The van der Waals surface area contributed by atoms with Crippen LogP contribution in [0.3, 0.4) is 0 Å². The van der Waals surface area contributed by atoms with E-state index in [1.807, 2.05) is 29.0 Å². The number of halogens is 2. The lowest BCUT2D eigenvalue weighted by molar-refractivity contribution is -0.122. The van der Waals surface area contributed by atoms with Gasteiger partial charge < -0.3 is 24.6 Å². The number of anilines is 1. The van der Waals surface area contributed by atoms with Gasteiger partial charge in [0.1, 0.15) is 11.7 Å². The van der Waals surface area contributed by atoms with Crippen molar-refractivity contribution in [3.05, 3.63) is 91.8 Å². The van der Waals surface area contributed by atoms with Gasteiger partial charge in [0.25, 0.3) is 11.5 Å². The van der Waals surface area contributed by atoms with Crippen molar-refractivity contribution in [1.29, 1.82) is 0 Å². The normalized spacial score (nSPS) is 18.2. The zero-order valence-corrected chi connectivity index (χ0v) is 38.9. The van der Waals surface area contributed by atoms with E-state index < -0.39 is 76.0 Å². The number of ether oxygens (including phenoxy) is 2. The Hall–Kier alpha value is -5.71. The second-order valence-corrected chi connectivity index (χ2v) is 19.8. The van der Waals surface area contributed by atoms with Crippen LogP contribution in [0.15, 0.2) is 64.4 Å². The number of hydrogen-bond donors (Lipinski definition) is 4. The van der Waals surface area contributed by atoms with Gasteiger partial charge in [-0.05, 0) is 98.5 Å². The van der Waals surface area contributed by atoms with Gasteiger partial charge in [-0.3, -0.25) is 24.3 Å². The summed E-state index contributed by atoms with van der Waals surface area (Å²) in [4.78, 5) is 95.3. The number of aromatic nitrogens is 4. The predicted molar refractivity (Wildman–Crippen MR) is 241 cm³/mol. The average Bonchev–Trinajstić information content (AvgIpc) is 3.65. The highest BCUT2D eigenvalue weighted by molar-refractivity contribution is 9.10. The van der Waals surface area contributed by atoms with Crippen molar-refractivity contribution >= 4 is 84.4 Å². The fourth-order valence-electron chi connectivity index (χ4n) is 8.11. The first-order valence-electron chi connectivity index (χ1n) is 20.9. The SMILES string of the molecule is CC(C)(C)OC(=O)N1CCC[C@H](OC(=O)NS(=O)(=O)NC2CCN(C(=O)Nc3nccnc3C(=O)NC3Cc4ccccc4C3)CC2)[C@H]1CC(=O)Cn1cnc2cc(Br)c(Cl)cc2c1=O. The monoisotopic (exact) mass is 998 g/mol. The minimum absolute atomic E-state index is 0.0213. The quantitative estimate of drug-likeness (QED) is 0.162. The number of urea groups is 1. The molecule has 2 aromatic carbocycles. The molecule has 0 bridgehead atoms. The van der Waals surface area contributed by atoms with Gasteiger partial charge in [-0.15, -0.1) is 0 Å². The number of carbonyl (C=O) groups excluding carboxylic acids is 5. The molecule has 0 radical (unpaired) electrons. The third kappa shape index (κ3) is 12.0. The summed E-state index contributed by atoms with van der Waals surface area (Å²) in [6.45, 7) is 4.98. The fraction of sp³-hybridized carbons (Fsp3) is 0.452. The summed E-state index contributed by atoms with van der Waals surface area (Å²) in [5.74, 6) is -1.01. The molecule has 4 N–H and O–H groups in total. The molecule has 4 heterocycles. The molecule has 2 atom stereocenters. The highest BCUT2D eigenvalue weighted by Crippen LogP contribution is 2.28. The van der Waals surface area contributed by atoms with Crippen LogP contribution in [0.25, 0.3) is 10.9 Å². The van der Waals surface area contributed by atoms with Gasteiger partial charge in [-0.2, -0.15) is 13.1 Å². The maximum absolute atomic E-state index is 13.6. The summed E-state index contributed by atoms with van der Waals surface area (Å²) in [5, 5.41) is 6.10. The molecule has 4 aromatic rings. The van der Waals surface area contributed by atoms with Crippen molar-refractivity contribution in [2.45, 2.75) is 102 Å². The van der Waals surface area contributed by atoms with E-state index in [4.69, 9.17) is 21.1 Å². The molecule has 0 spiro atoms. The number of piperidine rings is 2. The number of nitrogens with zero attached hydrogens (tertiary/aromatic N) is 6. The molecule has 5 amide bonds. The smallest absolute Gasteiger partial charge is 0.422 e. The van der Waals surface area contributed by atoms with Crippen LogP contribution >= 0.6 is 27.5 Å². The Morgan fingerprint density at radius 1 is 0.938 bits per heavy atom. The van der Waals surface area contributed by atoms with Gasteiger partial charge in [-0.25, -0.2) is 34.1 Å². The molecular weight excluding hydrogens is 952 g/mol. The number of hydrogen-bond acceptors (Lipinski definition) is 13. The summed E-state index contributed by atoms with van der Waals surface area (Å²) in [5.41, 5.74) is 1.21. The summed E-state index contributed by atoms with van der Waals surface area (Å²) in [6.07, 6.45) is 2.53. The largest absolute Gasteiger partial charge is 0.444 e. The van der Waals surface area contributed by atoms with E-state index in [-0.39, 0.29) is 73.3 Å². The van der Waals surface area contributed by atoms with Gasteiger partial charge in [-0.1, -0.05) is 35.9 Å². The molecule has 23 heteroatoms. The van der Waals surface area contributed by atoms with Crippen LogP contribution in [0, 0.1) is 0 Å². The van der Waals surface area contributed by atoms with Crippen LogP contribution in [0.1, 0.15) is 74.5 Å². The zero-order valence-electron chi connectivity index (χ0n) is 35.7. The lowest BCUT2D eigenvalue weighted by Gasteiger charge is -2.40. The number of nitrogens with one attached hydrogen (secondary N) is 4. The van der Waals surface area contributed by atoms with Gasteiger partial charge in [0.2, 0.25) is 0 Å². The van der Waals surface area contributed by atoms with Gasteiger partial charge in [0, 0.05) is 55.0 Å². The van der Waals surface area contributed by atoms with Crippen molar-refractivity contribution in [1.82, 2.24) is 44.1 Å². The lowest BCUT2D eigenvalue weighted by Crippen LogP contribution is -2.56. The van der Waals surface area contributed by atoms with Crippen molar-refractivity contribution < 1.29 is 41.9 Å². The first kappa shape index (κ1) is 47.3. The topological polar surface area (TPSA) is 253 Å². The number of rotatable bonds is 11. The molecule has 2 fully saturated rings. The number of amides is 5. The number of likely N-dealkylation sites (tertiary alicyclic amines) is 2. The van der Waals surface area contributed by atoms with Crippen molar-refractivity contribution in [3.8, 4) is 0 Å². The first-order valence-corrected chi connectivity index (χ1v) is 23.6. The number of ketones is 1. The van der Waals surface area contributed by atoms with Gasteiger partial charge >= 0.3 is 28.4 Å². The van der Waals surface area contributed by atoms with E-state index in [2.05, 4.69) is 46.2 Å². The van der Waals surface area contributed by atoms with E-state index >= 15 is 0 Å². The summed E-state index contributed by atoms with van der Waals surface area (Å²) in [6, 6.07) is 8.52. The van der Waals surface area contributed by atoms with Crippen LogP contribution in [0.4, 0.5) is 20.2 Å². The van der Waals surface area contributed by atoms with E-state index in [9.17, 15) is 37.2 Å². The van der Waals surface area contributed by atoms with Crippen LogP contribution in [-0.4, -0.2) is 117 Å². The standard InChI is InChI=1S/C42H48BrClN10O10S/c1-42(2,3)64-41(60)54-14-6-9-34(33(54)19-28(55)22-53-23-47-32-21-30(43)31(44)20-29(32)38(53)57)63-40(59)51-65(61,62)50-26-10-15-52(16-11-26)39(58)49-36-35(45-12-13-46-36)37(56)48-27-17-24-7-4-5-8-25(24)18-27/h4-5,7-8,12-13,20-21,23,26-27,33-34,50H,6,9-11,14-19,22H2,1-3H3,(H,48,56)(H,51,59)(H,46,49,58)/t33-,34+/m1/s1. The maximum Gasteiger partial charge on any atom is 0.422 e. The summed E-state index contributed by atoms with van der Waals surface area (Å²) in [7, 11) is -4.51. The van der Waals surface area contributed by atoms with E-state index in [1.165, 1.54) is 34.6 Å². The predicted octanol–water partition coefficient (Wildman–Crippen LogP) is 4.48. The van der Waals surface area contributed by atoms with E-state index in [0.717, 1.165) is 15.7 Å². The molecule has 2 saturated heterocycles. The Balaban J connectivity index is 0.930. The Labute approximate surface area is 387 Å². The number of fused-ring (bicyclic) bond motifs is 2. The third-order valence-corrected chi connectivity index (χ3v) is 13.4. The van der Waals surface area contributed by atoms with Crippen molar-refractivity contribution in [2.75, 3.05) is 25.0 Å². The second kappa shape index (κ2) is 19.8. The summed E-state index contributed by atoms with van der Waals surface area (Å²) >= 11 is 9.51. The Bertz CT molecular complexity index is 2650. The number of benzene rings is 2. The molecule has 346 valence electrons. The first-order chi connectivity index (χ1) is 30.8. The summed E-state index contributed by atoms with van der Waals surface area (Å²) < 4.78 is 43.5. The van der Waals surface area contributed by atoms with Gasteiger partial charge in [0.15, 0.2) is 17.3 Å². The zero-order chi connectivity index (χ0) is 46.6. The minimum atomic E-state index is -4.51. The molecule has 2 aromatic heterocycles. The van der Waals surface area contributed by atoms with E-state index in [0.29, 0.717) is 29.3 Å². The Morgan fingerprint density at radius 2 is 1.63 bits per heavy atom. The highest BCUT2D eigenvalue weighted by atomic mass is 79.9. The van der Waals surface area contributed by atoms with Crippen molar-refractivity contribution in [3.63, 3.8) is 0 Å². The van der Waals surface area contributed by atoms with Crippen LogP contribution in [0.5, 0.6) is 0 Å². The van der Waals surface area contributed by atoms with Gasteiger partial charge in [0.05, 0.1) is 34.8 Å². The van der Waals surface area contributed by atoms with Crippen LogP contribution < -0.4 is 25.6 Å². The maximum atomic E-state index is 13.6. The molecule has 0 saturated carbocycles. The minimum Gasteiger partial charge on any atom is -0.444 e. The molecule has 65 heavy (non-hydrogen) atoms. The molecule has 3 aliphatic rings. The van der Waals surface area contributed by atoms with Crippen molar-refractivity contribution in [2.24, 2.45) is 0 Å². The third-order valence-electron chi connectivity index (χ3n) is 11.1. The molecule has 1 aliphatic carbocycles. The highest BCUT2D eigenvalue weighted by Gasteiger charge is 2.41. The molecular formula is C42H48BrClN10O10S. The fourth-order valence-corrected chi connectivity index (χ4v) is 9.61. The van der Waals surface area contributed by atoms with Crippen LogP contribution in [0.2, 0.25) is 5.02 Å². The molecule has 0 unspecified atom stereocenters.